The zero-order chi connectivity index (χ0) is 19.1. The number of ether oxygens (including phenoxy) is 2. The summed E-state index contributed by atoms with van der Waals surface area (Å²) in [6.07, 6.45) is 0.847. The third-order valence-corrected chi connectivity index (χ3v) is 4.13. The number of benzene rings is 1. The van der Waals surface area contributed by atoms with E-state index in [0.29, 0.717) is 38.1 Å². The number of carbonyl (C=O) groups is 3. The maximum atomic E-state index is 13.5. The second-order valence-corrected chi connectivity index (χ2v) is 6.07. The Kier molecular flexibility index (Phi) is 6.94. The summed E-state index contributed by atoms with van der Waals surface area (Å²) in [5.41, 5.74) is 0.483. The molecule has 0 aromatic heterocycles. The van der Waals surface area contributed by atoms with Gasteiger partial charge in [-0.05, 0) is 44.4 Å². The molecule has 0 aliphatic carbocycles. The van der Waals surface area contributed by atoms with Gasteiger partial charge < -0.3 is 19.7 Å². The molecule has 1 saturated heterocycles. The lowest BCUT2D eigenvalue weighted by molar-refractivity contribution is -0.125. The number of nitrogens with zero attached hydrogens (tertiary/aromatic N) is 1. The summed E-state index contributed by atoms with van der Waals surface area (Å²) >= 11 is 0. The Hall–Kier alpha value is -2.64. The summed E-state index contributed by atoms with van der Waals surface area (Å²) in [6, 6.07) is 3.91. The third-order valence-electron chi connectivity index (χ3n) is 4.13. The van der Waals surface area contributed by atoms with Crippen LogP contribution in [0.3, 0.4) is 0 Å². The maximum Gasteiger partial charge on any atom is 0.409 e. The molecule has 1 heterocycles. The first kappa shape index (κ1) is 19.7. The minimum Gasteiger partial charge on any atom is -0.452 e. The number of hydrogen-bond donors (Lipinski definition) is 1. The van der Waals surface area contributed by atoms with E-state index < -0.39 is 24.3 Å². The predicted molar refractivity (Wildman–Crippen MR) is 91.2 cm³/mol. The van der Waals surface area contributed by atoms with Crippen molar-refractivity contribution in [1.82, 2.24) is 10.2 Å². The lowest BCUT2D eigenvalue weighted by atomic mass is 10.1. The number of halogens is 1. The highest BCUT2D eigenvalue weighted by molar-refractivity contribution is 5.91. The SMILES string of the molecule is CCOC(=O)N1CCC(NC(=O)COC(=O)c2ccc(C)c(F)c2)CC1. The van der Waals surface area contributed by atoms with Gasteiger partial charge in [-0.3, -0.25) is 4.79 Å². The van der Waals surface area contributed by atoms with Gasteiger partial charge in [0.1, 0.15) is 5.82 Å². The highest BCUT2D eigenvalue weighted by Crippen LogP contribution is 2.12. The monoisotopic (exact) mass is 366 g/mol. The quantitative estimate of drug-likeness (QED) is 0.806. The number of likely N-dealkylation sites (tertiary alicyclic amines) is 1. The van der Waals surface area contributed by atoms with Crippen LogP contribution < -0.4 is 5.32 Å². The fourth-order valence-corrected chi connectivity index (χ4v) is 2.62. The van der Waals surface area contributed by atoms with Crippen molar-refractivity contribution in [1.29, 1.82) is 0 Å². The number of aryl methyl sites for hydroxylation is 1. The number of hydrogen-bond acceptors (Lipinski definition) is 5. The summed E-state index contributed by atoms with van der Waals surface area (Å²) in [4.78, 5) is 37.0. The Bertz CT molecular complexity index is 672. The first-order valence-electron chi connectivity index (χ1n) is 8.55. The molecule has 8 heteroatoms. The van der Waals surface area contributed by atoms with Crippen molar-refractivity contribution in [2.45, 2.75) is 32.7 Å². The molecule has 0 radical (unpaired) electrons. The van der Waals surface area contributed by atoms with E-state index >= 15 is 0 Å². The normalized spacial score (nSPS) is 14.7. The minimum absolute atomic E-state index is 0.0589. The van der Waals surface area contributed by atoms with Crippen molar-refractivity contribution in [3.05, 3.63) is 35.1 Å². The Morgan fingerprint density at radius 1 is 1.23 bits per heavy atom. The van der Waals surface area contributed by atoms with Crippen molar-refractivity contribution in [2.75, 3.05) is 26.3 Å². The van der Waals surface area contributed by atoms with Crippen molar-refractivity contribution in [3.8, 4) is 0 Å². The van der Waals surface area contributed by atoms with E-state index in [1.165, 1.54) is 12.1 Å². The average molecular weight is 366 g/mol. The Morgan fingerprint density at radius 2 is 1.92 bits per heavy atom. The molecule has 2 amide bonds. The van der Waals surface area contributed by atoms with E-state index in [0.717, 1.165) is 6.07 Å². The van der Waals surface area contributed by atoms with Crippen LogP contribution in [0.4, 0.5) is 9.18 Å². The van der Waals surface area contributed by atoms with E-state index in [2.05, 4.69) is 5.32 Å². The van der Waals surface area contributed by atoms with E-state index in [1.54, 1.807) is 18.7 Å². The van der Waals surface area contributed by atoms with Crippen LogP contribution in [0.15, 0.2) is 18.2 Å². The Morgan fingerprint density at radius 3 is 2.54 bits per heavy atom. The molecule has 0 spiro atoms. The van der Waals surface area contributed by atoms with Gasteiger partial charge in [0.15, 0.2) is 6.61 Å². The van der Waals surface area contributed by atoms with Crippen LogP contribution in [0.1, 0.15) is 35.7 Å². The van der Waals surface area contributed by atoms with Gasteiger partial charge >= 0.3 is 12.1 Å². The van der Waals surface area contributed by atoms with Gasteiger partial charge in [-0.25, -0.2) is 14.0 Å². The maximum absolute atomic E-state index is 13.5. The number of rotatable bonds is 5. The summed E-state index contributed by atoms with van der Waals surface area (Å²) in [6.45, 7) is 4.21. The molecular weight excluding hydrogens is 343 g/mol. The smallest absolute Gasteiger partial charge is 0.409 e. The van der Waals surface area contributed by atoms with Crippen LogP contribution in [0, 0.1) is 12.7 Å². The van der Waals surface area contributed by atoms with Gasteiger partial charge in [0.2, 0.25) is 0 Å². The summed E-state index contributed by atoms with van der Waals surface area (Å²) < 4.78 is 23.3. The second kappa shape index (κ2) is 9.17. The predicted octanol–water partition coefficient (Wildman–Crippen LogP) is 2.03. The summed E-state index contributed by atoms with van der Waals surface area (Å²) in [7, 11) is 0. The van der Waals surface area contributed by atoms with E-state index in [4.69, 9.17) is 9.47 Å². The topological polar surface area (TPSA) is 84.9 Å². The Balaban J connectivity index is 1.73. The van der Waals surface area contributed by atoms with Crippen LogP contribution in [-0.2, 0) is 14.3 Å². The molecule has 1 aliphatic rings. The lowest BCUT2D eigenvalue weighted by Gasteiger charge is -2.31. The molecule has 0 unspecified atom stereocenters. The van der Waals surface area contributed by atoms with Crippen molar-refractivity contribution in [2.24, 2.45) is 0 Å². The van der Waals surface area contributed by atoms with E-state index in [1.807, 2.05) is 0 Å². The van der Waals surface area contributed by atoms with Crippen LogP contribution >= 0.6 is 0 Å². The fraction of sp³-hybridized carbons (Fsp3) is 0.500. The van der Waals surface area contributed by atoms with Crippen LogP contribution in [0.2, 0.25) is 0 Å². The van der Waals surface area contributed by atoms with Gasteiger partial charge in [-0.1, -0.05) is 6.07 Å². The zero-order valence-electron chi connectivity index (χ0n) is 14.9. The van der Waals surface area contributed by atoms with Crippen molar-refractivity contribution in [3.63, 3.8) is 0 Å². The summed E-state index contributed by atoms with van der Waals surface area (Å²) in [5.74, 6) is -1.69. The minimum atomic E-state index is -0.754. The molecule has 1 N–H and O–H groups in total. The molecule has 142 valence electrons. The number of nitrogens with one attached hydrogen (secondary N) is 1. The molecule has 1 aromatic rings. The number of esters is 1. The van der Waals surface area contributed by atoms with E-state index in [9.17, 15) is 18.8 Å². The largest absolute Gasteiger partial charge is 0.452 e. The first-order valence-corrected chi connectivity index (χ1v) is 8.55. The highest BCUT2D eigenvalue weighted by Gasteiger charge is 2.24. The van der Waals surface area contributed by atoms with Crippen LogP contribution in [0.5, 0.6) is 0 Å². The Labute approximate surface area is 151 Å². The van der Waals surface area contributed by atoms with Crippen LogP contribution in [0.25, 0.3) is 0 Å². The molecule has 1 fully saturated rings. The molecule has 2 rings (SSSR count). The highest BCUT2D eigenvalue weighted by atomic mass is 19.1. The van der Waals surface area contributed by atoms with E-state index in [-0.39, 0.29) is 17.7 Å². The molecule has 7 nitrogen and oxygen atoms in total. The van der Waals surface area contributed by atoms with Gasteiger partial charge in [-0.15, -0.1) is 0 Å². The third kappa shape index (κ3) is 5.44. The van der Waals surface area contributed by atoms with Gasteiger partial charge in [0, 0.05) is 19.1 Å². The molecule has 1 aliphatic heterocycles. The second-order valence-electron chi connectivity index (χ2n) is 6.07. The zero-order valence-corrected chi connectivity index (χ0v) is 14.9. The van der Waals surface area contributed by atoms with Crippen LogP contribution in [-0.4, -0.2) is 55.2 Å². The number of carbonyl (C=O) groups excluding carboxylic acids is 3. The van der Waals surface area contributed by atoms with Gasteiger partial charge in [0.25, 0.3) is 5.91 Å². The summed E-state index contributed by atoms with van der Waals surface area (Å²) in [5, 5.41) is 2.77. The molecule has 0 saturated carbocycles. The molecule has 26 heavy (non-hydrogen) atoms. The van der Waals surface area contributed by atoms with Gasteiger partial charge in [0.05, 0.1) is 12.2 Å². The van der Waals surface area contributed by atoms with Crippen molar-refractivity contribution >= 4 is 18.0 Å². The average Bonchev–Trinajstić information content (AvgIpc) is 2.62. The molecule has 0 atom stereocenters. The van der Waals surface area contributed by atoms with Gasteiger partial charge in [-0.2, -0.15) is 0 Å². The standard InChI is InChI=1S/C18H23FN2O5/c1-3-25-18(24)21-8-6-14(7-9-21)20-16(22)11-26-17(23)13-5-4-12(2)15(19)10-13/h4-5,10,14H,3,6-9,11H2,1-2H3,(H,20,22). The molecule has 0 bridgehead atoms. The lowest BCUT2D eigenvalue weighted by Crippen LogP contribution is -2.47. The molecule has 1 aromatic carbocycles. The molecular formula is C18H23FN2O5. The first-order chi connectivity index (χ1) is 12.4. The number of amides is 2. The van der Waals surface area contributed by atoms with Crippen molar-refractivity contribution < 1.29 is 28.2 Å². The fourth-order valence-electron chi connectivity index (χ4n) is 2.62. The number of piperidine rings is 1.